The van der Waals surface area contributed by atoms with Gasteiger partial charge in [-0.1, -0.05) is 25.1 Å². The molecule has 0 aliphatic carbocycles. The van der Waals surface area contributed by atoms with E-state index in [1.165, 1.54) is 16.7 Å². The molecule has 1 aromatic heterocycles. The minimum Gasteiger partial charge on any atom is -0.310 e. The van der Waals surface area contributed by atoms with Crippen LogP contribution in [-0.4, -0.2) is 21.3 Å². The standard InChI is InChI=1S/C15H22N4/c1-4-8-16-9-15-17-11-18-19(15)10-14-12(2)6-5-7-13(14)3/h5-7,11,16H,4,8-10H2,1-3H3. The Morgan fingerprint density at radius 3 is 2.63 bits per heavy atom. The lowest BCUT2D eigenvalue weighted by Gasteiger charge is -2.11. The Hall–Kier alpha value is -1.68. The molecule has 0 amide bonds. The molecule has 0 saturated carbocycles. The highest BCUT2D eigenvalue weighted by Crippen LogP contribution is 2.14. The van der Waals surface area contributed by atoms with E-state index in [4.69, 9.17) is 0 Å². The number of hydrogen-bond acceptors (Lipinski definition) is 3. The zero-order valence-corrected chi connectivity index (χ0v) is 12.0. The van der Waals surface area contributed by atoms with Gasteiger partial charge in [-0.05, 0) is 43.5 Å². The van der Waals surface area contributed by atoms with Crippen LogP contribution >= 0.6 is 0 Å². The van der Waals surface area contributed by atoms with Crippen molar-refractivity contribution in [2.24, 2.45) is 0 Å². The predicted molar refractivity (Wildman–Crippen MR) is 77.0 cm³/mol. The zero-order valence-electron chi connectivity index (χ0n) is 12.0. The predicted octanol–water partition coefficient (Wildman–Crippen LogP) is 2.44. The topological polar surface area (TPSA) is 42.7 Å². The van der Waals surface area contributed by atoms with Crippen LogP contribution < -0.4 is 5.32 Å². The quantitative estimate of drug-likeness (QED) is 0.809. The molecule has 0 bridgehead atoms. The van der Waals surface area contributed by atoms with Crippen LogP contribution in [0.3, 0.4) is 0 Å². The molecule has 0 atom stereocenters. The summed E-state index contributed by atoms with van der Waals surface area (Å²) in [6.45, 7) is 9.04. The molecule has 0 saturated heterocycles. The summed E-state index contributed by atoms with van der Waals surface area (Å²) in [4.78, 5) is 4.33. The molecule has 4 nitrogen and oxygen atoms in total. The molecule has 0 aliphatic rings. The molecule has 19 heavy (non-hydrogen) atoms. The van der Waals surface area contributed by atoms with Crippen LogP contribution in [0, 0.1) is 13.8 Å². The molecule has 1 heterocycles. The van der Waals surface area contributed by atoms with E-state index in [-0.39, 0.29) is 0 Å². The third-order valence-corrected chi connectivity index (χ3v) is 3.36. The molecule has 102 valence electrons. The maximum Gasteiger partial charge on any atom is 0.141 e. The fourth-order valence-electron chi connectivity index (χ4n) is 2.18. The molecule has 2 aromatic rings. The normalized spacial score (nSPS) is 10.9. The first-order chi connectivity index (χ1) is 9.22. The Balaban J connectivity index is 2.13. The fraction of sp³-hybridized carbons (Fsp3) is 0.467. The summed E-state index contributed by atoms with van der Waals surface area (Å²) in [5.41, 5.74) is 3.95. The van der Waals surface area contributed by atoms with Crippen molar-refractivity contribution in [2.45, 2.75) is 40.3 Å². The van der Waals surface area contributed by atoms with E-state index < -0.39 is 0 Å². The summed E-state index contributed by atoms with van der Waals surface area (Å²) < 4.78 is 1.98. The van der Waals surface area contributed by atoms with E-state index in [9.17, 15) is 0 Å². The molecule has 1 aromatic carbocycles. The smallest absolute Gasteiger partial charge is 0.141 e. The average molecular weight is 258 g/mol. The fourth-order valence-corrected chi connectivity index (χ4v) is 2.18. The minimum atomic E-state index is 0.777. The SMILES string of the molecule is CCCNCc1ncnn1Cc1c(C)cccc1C. The van der Waals surface area contributed by atoms with E-state index >= 15 is 0 Å². The Labute approximate surface area is 114 Å². The van der Waals surface area contributed by atoms with E-state index in [0.29, 0.717) is 0 Å². The van der Waals surface area contributed by atoms with Crippen molar-refractivity contribution >= 4 is 0 Å². The van der Waals surface area contributed by atoms with Gasteiger partial charge in [-0.2, -0.15) is 5.10 Å². The van der Waals surface area contributed by atoms with Crippen molar-refractivity contribution in [1.29, 1.82) is 0 Å². The number of aryl methyl sites for hydroxylation is 2. The van der Waals surface area contributed by atoms with E-state index in [1.807, 2.05) is 4.68 Å². The third kappa shape index (κ3) is 3.41. The summed E-state index contributed by atoms with van der Waals surface area (Å²) in [6, 6.07) is 6.39. The first kappa shape index (κ1) is 13.7. The second-order valence-corrected chi connectivity index (χ2v) is 4.88. The summed E-state index contributed by atoms with van der Waals surface area (Å²) in [6.07, 6.45) is 2.77. The molecule has 0 unspecified atom stereocenters. The van der Waals surface area contributed by atoms with E-state index in [2.05, 4.69) is 54.4 Å². The van der Waals surface area contributed by atoms with Gasteiger partial charge in [0.05, 0.1) is 13.1 Å². The zero-order chi connectivity index (χ0) is 13.7. The maximum absolute atomic E-state index is 4.34. The van der Waals surface area contributed by atoms with Crippen molar-refractivity contribution in [3.05, 3.63) is 47.0 Å². The highest BCUT2D eigenvalue weighted by atomic mass is 15.3. The lowest BCUT2D eigenvalue weighted by atomic mass is 10.0. The van der Waals surface area contributed by atoms with Gasteiger partial charge in [0, 0.05) is 0 Å². The summed E-state index contributed by atoms with van der Waals surface area (Å²) in [7, 11) is 0. The van der Waals surface area contributed by atoms with Gasteiger partial charge in [0.15, 0.2) is 0 Å². The number of aromatic nitrogens is 3. The van der Waals surface area contributed by atoms with Crippen LogP contribution in [0.25, 0.3) is 0 Å². The number of benzene rings is 1. The Bertz CT molecular complexity index is 510. The Morgan fingerprint density at radius 2 is 1.95 bits per heavy atom. The second kappa shape index (κ2) is 6.48. The summed E-state index contributed by atoms with van der Waals surface area (Å²) >= 11 is 0. The van der Waals surface area contributed by atoms with Crippen LogP contribution in [0.15, 0.2) is 24.5 Å². The molecule has 2 rings (SSSR count). The molecule has 0 aliphatic heterocycles. The lowest BCUT2D eigenvalue weighted by molar-refractivity contribution is 0.581. The van der Waals surface area contributed by atoms with Gasteiger partial charge in [-0.3, -0.25) is 0 Å². The van der Waals surface area contributed by atoms with E-state index in [1.54, 1.807) is 6.33 Å². The van der Waals surface area contributed by atoms with Crippen molar-refractivity contribution in [1.82, 2.24) is 20.1 Å². The maximum atomic E-state index is 4.34. The summed E-state index contributed by atoms with van der Waals surface area (Å²) in [5.74, 6) is 0.996. The number of hydrogen-bond donors (Lipinski definition) is 1. The van der Waals surface area contributed by atoms with E-state index in [0.717, 1.165) is 31.9 Å². The molecule has 0 radical (unpaired) electrons. The van der Waals surface area contributed by atoms with Gasteiger partial charge in [-0.25, -0.2) is 9.67 Å². The van der Waals surface area contributed by atoms with Crippen molar-refractivity contribution < 1.29 is 0 Å². The van der Waals surface area contributed by atoms with Crippen LogP contribution in [0.1, 0.15) is 35.9 Å². The number of rotatable bonds is 6. The Kier molecular flexibility index (Phi) is 4.68. The van der Waals surface area contributed by atoms with Gasteiger partial charge in [0.25, 0.3) is 0 Å². The Morgan fingerprint density at radius 1 is 1.21 bits per heavy atom. The molecule has 1 N–H and O–H groups in total. The van der Waals surface area contributed by atoms with Crippen LogP contribution in [0.4, 0.5) is 0 Å². The van der Waals surface area contributed by atoms with Crippen LogP contribution in [0.5, 0.6) is 0 Å². The molecular weight excluding hydrogens is 236 g/mol. The summed E-state index contributed by atoms with van der Waals surface area (Å²) in [5, 5.41) is 7.71. The van der Waals surface area contributed by atoms with Gasteiger partial charge in [0.2, 0.25) is 0 Å². The third-order valence-electron chi connectivity index (χ3n) is 3.36. The highest BCUT2D eigenvalue weighted by molar-refractivity contribution is 5.33. The van der Waals surface area contributed by atoms with Crippen LogP contribution in [0.2, 0.25) is 0 Å². The van der Waals surface area contributed by atoms with Crippen molar-refractivity contribution in [3.63, 3.8) is 0 Å². The van der Waals surface area contributed by atoms with Gasteiger partial charge in [-0.15, -0.1) is 0 Å². The minimum absolute atomic E-state index is 0.777. The van der Waals surface area contributed by atoms with Crippen molar-refractivity contribution in [3.8, 4) is 0 Å². The molecule has 4 heteroatoms. The molecule has 0 fully saturated rings. The van der Waals surface area contributed by atoms with Gasteiger partial charge >= 0.3 is 0 Å². The molecule has 0 spiro atoms. The first-order valence-electron chi connectivity index (χ1n) is 6.85. The number of nitrogens with zero attached hydrogens (tertiary/aromatic N) is 3. The first-order valence-corrected chi connectivity index (χ1v) is 6.85. The monoisotopic (exact) mass is 258 g/mol. The molecular formula is C15H22N4. The highest BCUT2D eigenvalue weighted by Gasteiger charge is 2.08. The number of nitrogens with one attached hydrogen (secondary N) is 1. The van der Waals surface area contributed by atoms with Crippen molar-refractivity contribution in [2.75, 3.05) is 6.54 Å². The average Bonchev–Trinajstić information content (AvgIpc) is 2.82. The van der Waals surface area contributed by atoms with Gasteiger partial charge in [0.1, 0.15) is 12.2 Å². The van der Waals surface area contributed by atoms with Gasteiger partial charge < -0.3 is 5.32 Å². The largest absolute Gasteiger partial charge is 0.310 e. The van der Waals surface area contributed by atoms with Crippen LogP contribution in [-0.2, 0) is 13.1 Å². The lowest BCUT2D eigenvalue weighted by Crippen LogP contribution is -2.19. The second-order valence-electron chi connectivity index (χ2n) is 4.88.